The van der Waals surface area contributed by atoms with Crippen LogP contribution in [-0.4, -0.2) is 41.1 Å². The number of hydrogen-bond acceptors (Lipinski definition) is 5. The van der Waals surface area contributed by atoms with Crippen molar-refractivity contribution in [2.45, 2.75) is 4.90 Å². The number of ether oxygens (including phenoxy) is 1. The van der Waals surface area contributed by atoms with E-state index in [1.165, 1.54) is 19.2 Å². The second-order valence-corrected chi connectivity index (χ2v) is 5.51. The van der Waals surface area contributed by atoms with Crippen molar-refractivity contribution in [3.8, 4) is 0 Å². The minimum absolute atomic E-state index is 0.0793. The van der Waals surface area contributed by atoms with Crippen LogP contribution in [0.15, 0.2) is 29.2 Å². The molecule has 1 amide bonds. The van der Waals surface area contributed by atoms with E-state index in [-0.39, 0.29) is 17.4 Å². The first-order valence-electron chi connectivity index (χ1n) is 5.61. The summed E-state index contributed by atoms with van der Waals surface area (Å²) in [5.41, 5.74) is 5.61. The number of hydrogen-bond donors (Lipinski definition) is 3. The Balaban J connectivity index is 2.70. The van der Waals surface area contributed by atoms with Crippen LogP contribution in [-0.2, 0) is 19.6 Å². The molecule has 0 aliphatic carbocycles. The van der Waals surface area contributed by atoms with Crippen molar-refractivity contribution in [3.63, 3.8) is 0 Å². The summed E-state index contributed by atoms with van der Waals surface area (Å²) in [6.07, 6.45) is 0. The summed E-state index contributed by atoms with van der Waals surface area (Å²) in [5.74, 6) is -0.368. The molecule has 1 aromatic rings. The predicted molar refractivity (Wildman–Crippen MR) is 71.2 cm³/mol. The maximum Gasteiger partial charge on any atom is 0.250 e. The number of sulfonamides is 1. The van der Waals surface area contributed by atoms with E-state index < -0.39 is 10.0 Å². The molecule has 1 aromatic carbocycles. The number of carbonyl (C=O) groups is 1. The molecule has 0 aliphatic heterocycles. The molecule has 0 bridgehead atoms. The van der Waals surface area contributed by atoms with Crippen molar-refractivity contribution in [2.24, 2.45) is 5.73 Å². The van der Waals surface area contributed by atoms with E-state index in [1.54, 1.807) is 12.1 Å². The van der Waals surface area contributed by atoms with Crippen LogP contribution in [0.4, 0.5) is 5.69 Å². The first-order valence-corrected chi connectivity index (χ1v) is 7.09. The SMILES string of the molecule is CNS(=O)(=O)c1cccc(NC(=O)COCCN)c1. The van der Waals surface area contributed by atoms with Crippen molar-refractivity contribution in [1.82, 2.24) is 4.72 Å². The van der Waals surface area contributed by atoms with Gasteiger partial charge in [-0.3, -0.25) is 4.79 Å². The van der Waals surface area contributed by atoms with Gasteiger partial charge in [-0.1, -0.05) is 6.07 Å². The number of carbonyl (C=O) groups excluding carboxylic acids is 1. The van der Waals surface area contributed by atoms with Gasteiger partial charge in [-0.25, -0.2) is 13.1 Å². The zero-order chi connectivity index (χ0) is 14.3. The lowest BCUT2D eigenvalue weighted by atomic mass is 10.3. The molecule has 0 atom stereocenters. The molecule has 1 rings (SSSR count). The molecule has 8 heteroatoms. The minimum Gasteiger partial charge on any atom is -0.370 e. The molecule has 7 nitrogen and oxygen atoms in total. The van der Waals surface area contributed by atoms with Gasteiger partial charge in [0.05, 0.1) is 11.5 Å². The molecule has 0 heterocycles. The third-order valence-corrected chi connectivity index (χ3v) is 3.60. The van der Waals surface area contributed by atoms with Gasteiger partial charge in [0.25, 0.3) is 0 Å². The Morgan fingerprint density at radius 1 is 1.42 bits per heavy atom. The molecule has 0 saturated carbocycles. The van der Waals surface area contributed by atoms with Gasteiger partial charge in [0, 0.05) is 12.2 Å². The summed E-state index contributed by atoms with van der Waals surface area (Å²) >= 11 is 0. The Bertz CT molecular complexity index is 530. The summed E-state index contributed by atoms with van der Waals surface area (Å²) in [4.78, 5) is 11.6. The number of amides is 1. The zero-order valence-electron chi connectivity index (χ0n) is 10.5. The lowest BCUT2D eigenvalue weighted by molar-refractivity contribution is -0.120. The highest BCUT2D eigenvalue weighted by Crippen LogP contribution is 2.14. The largest absolute Gasteiger partial charge is 0.370 e. The van der Waals surface area contributed by atoms with Gasteiger partial charge in [0.15, 0.2) is 0 Å². The molecular formula is C11H17N3O4S. The smallest absolute Gasteiger partial charge is 0.250 e. The molecule has 0 aromatic heterocycles. The van der Waals surface area contributed by atoms with E-state index in [0.29, 0.717) is 18.8 Å². The van der Waals surface area contributed by atoms with Gasteiger partial charge in [-0.05, 0) is 25.2 Å². The molecule has 0 spiro atoms. The Kier molecular flexibility index (Phi) is 5.90. The monoisotopic (exact) mass is 287 g/mol. The molecule has 0 fully saturated rings. The van der Waals surface area contributed by atoms with Gasteiger partial charge >= 0.3 is 0 Å². The molecular weight excluding hydrogens is 270 g/mol. The quantitative estimate of drug-likeness (QED) is 0.586. The van der Waals surface area contributed by atoms with Crippen molar-refractivity contribution >= 4 is 21.6 Å². The topological polar surface area (TPSA) is 111 Å². The standard InChI is InChI=1S/C11H17N3O4S/c1-13-19(16,17)10-4-2-3-9(7-10)14-11(15)8-18-6-5-12/h2-4,7,13H,5-6,8,12H2,1H3,(H,14,15). The van der Waals surface area contributed by atoms with Gasteiger partial charge in [0.2, 0.25) is 15.9 Å². The first-order chi connectivity index (χ1) is 8.99. The second-order valence-electron chi connectivity index (χ2n) is 3.62. The molecule has 4 N–H and O–H groups in total. The van der Waals surface area contributed by atoms with E-state index in [1.807, 2.05) is 0 Å². The van der Waals surface area contributed by atoms with Crippen LogP contribution in [0.2, 0.25) is 0 Å². The summed E-state index contributed by atoms with van der Waals surface area (Å²) in [7, 11) is -2.21. The fourth-order valence-electron chi connectivity index (χ4n) is 1.30. The Hall–Kier alpha value is -1.48. The van der Waals surface area contributed by atoms with Gasteiger partial charge in [-0.15, -0.1) is 0 Å². The number of rotatable bonds is 7. The summed E-state index contributed by atoms with van der Waals surface area (Å²) in [6, 6.07) is 5.94. The van der Waals surface area contributed by atoms with Crippen LogP contribution in [0.25, 0.3) is 0 Å². The number of nitrogens with two attached hydrogens (primary N) is 1. The van der Waals surface area contributed by atoms with E-state index in [9.17, 15) is 13.2 Å². The summed E-state index contributed by atoms with van der Waals surface area (Å²) in [5, 5.41) is 2.54. The van der Waals surface area contributed by atoms with Crippen molar-refractivity contribution in [3.05, 3.63) is 24.3 Å². The number of benzene rings is 1. The fourth-order valence-corrected chi connectivity index (χ4v) is 2.08. The molecule has 0 radical (unpaired) electrons. The molecule has 19 heavy (non-hydrogen) atoms. The average Bonchev–Trinajstić information content (AvgIpc) is 2.39. The minimum atomic E-state index is -3.53. The lowest BCUT2D eigenvalue weighted by Gasteiger charge is -2.08. The fraction of sp³-hybridized carbons (Fsp3) is 0.364. The summed E-state index contributed by atoms with van der Waals surface area (Å²) < 4.78 is 30.3. The Morgan fingerprint density at radius 3 is 2.79 bits per heavy atom. The third-order valence-electron chi connectivity index (χ3n) is 2.19. The van der Waals surface area contributed by atoms with Crippen LogP contribution in [0.3, 0.4) is 0 Å². The van der Waals surface area contributed by atoms with Gasteiger partial charge < -0.3 is 15.8 Å². The van der Waals surface area contributed by atoms with Crippen molar-refractivity contribution < 1.29 is 17.9 Å². The predicted octanol–water partition coefficient (Wildman–Crippen LogP) is -0.491. The highest BCUT2D eigenvalue weighted by atomic mass is 32.2. The number of nitrogens with one attached hydrogen (secondary N) is 2. The second kappa shape index (κ2) is 7.19. The summed E-state index contributed by atoms with van der Waals surface area (Å²) in [6.45, 7) is 0.505. The molecule has 0 aliphatic rings. The van der Waals surface area contributed by atoms with Crippen LogP contribution in [0.1, 0.15) is 0 Å². The maximum atomic E-state index is 11.6. The van der Waals surface area contributed by atoms with Crippen molar-refractivity contribution in [2.75, 3.05) is 32.1 Å². The number of anilines is 1. The molecule has 0 unspecified atom stereocenters. The van der Waals surface area contributed by atoms with Crippen LogP contribution >= 0.6 is 0 Å². The van der Waals surface area contributed by atoms with Gasteiger partial charge in [-0.2, -0.15) is 0 Å². The van der Waals surface area contributed by atoms with Crippen molar-refractivity contribution in [1.29, 1.82) is 0 Å². The van der Waals surface area contributed by atoms with Crippen LogP contribution in [0.5, 0.6) is 0 Å². The third kappa shape index (κ3) is 4.95. The molecule has 0 saturated heterocycles. The normalized spacial score (nSPS) is 11.3. The van der Waals surface area contributed by atoms with Crippen LogP contribution < -0.4 is 15.8 Å². The Labute approximate surface area is 112 Å². The lowest BCUT2D eigenvalue weighted by Crippen LogP contribution is -2.21. The van der Waals surface area contributed by atoms with E-state index >= 15 is 0 Å². The highest BCUT2D eigenvalue weighted by Gasteiger charge is 2.12. The first kappa shape index (κ1) is 15.6. The van der Waals surface area contributed by atoms with Crippen LogP contribution in [0, 0.1) is 0 Å². The Morgan fingerprint density at radius 2 is 2.16 bits per heavy atom. The van der Waals surface area contributed by atoms with E-state index in [0.717, 1.165) is 0 Å². The van der Waals surface area contributed by atoms with Gasteiger partial charge in [0.1, 0.15) is 6.61 Å². The maximum absolute atomic E-state index is 11.6. The van der Waals surface area contributed by atoms with E-state index in [2.05, 4.69) is 10.0 Å². The zero-order valence-corrected chi connectivity index (χ0v) is 11.4. The average molecular weight is 287 g/mol. The van der Waals surface area contributed by atoms with E-state index in [4.69, 9.17) is 10.5 Å². The molecule has 106 valence electrons. The highest BCUT2D eigenvalue weighted by molar-refractivity contribution is 7.89.